The van der Waals surface area contributed by atoms with Gasteiger partial charge in [-0.1, -0.05) is 29.8 Å². The number of rotatable bonds is 7. The minimum Gasteiger partial charge on any atom is -0.378 e. The number of nitrogens with zero attached hydrogens (tertiary/aromatic N) is 3. The van der Waals surface area contributed by atoms with Crippen LogP contribution in [0.25, 0.3) is 0 Å². The number of benzene rings is 2. The summed E-state index contributed by atoms with van der Waals surface area (Å²) in [5, 5.41) is 13.9. The second-order valence-corrected chi connectivity index (χ2v) is 7.64. The molecule has 1 aliphatic rings. The number of carbonyl (C=O) groups excluding carboxylic acids is 1. The Morgan fingerprint density at radius 3 is 2.70 bits per heavy atom. The molecule has 0 unspecified atom stereocenters. The summed E-state index contributed by atoms with van der Waals surface area (Å²) in [5.41, 5.74) is 2.36. The van der Waals surface area contributed by atoms with Crippen molar-refractivity contribution in [3.05, 3.63) is 63.2 Å². The monoisotopic (exact) mass is 432 g/mol. The molecule has 1 aliphatic heterocycles. The number of non-ortho nitro benzene ring substituents is 1. The molecule has 9 heteroatoms. The van der Waals surface area contributed by atoms with Crippen molar-refractivity contribution in [3.8, 4) is 0 Å². The zero-order valence-corrected chi connectivity index (χ0v) is 17.8. The molecule has 3 rings (SSSR count). The molecule has 0 bridgehead atoms. The number of halogens is 1. The van der Waals surface area contributed by atoms with Crippen molar-refractivity contribution in [2.24, 2.45) is 0 Å². The first-order valence-electron chi connectivity index (χ1n) is 9.72. The number of amides is 1. The smallest absolute Gasteiger partial charge is 0.271 e. The maximum atomic E-state index is 12.8. The average molecular weight is 433 g/mol. The number of hydrogen-bond acceptors (Lipinski definition) is 6. The molecule has 0 aromatic heterocycles. The van der Waals surface area contributed by atoms with Crippen molar-refractivity contribution >= 4 is 34.6 Å². The Hall–Kier alpha value is -2.68. The lowest BCUT2D eigenvalue weighted by molar-refractivity contribution is -0.384. The van der Waals surface area contributed by atoms with Crippen molar-refractivity contribution in [1.82, 2.24) is 4.90 Å². The number of nitro benzene ring substituents is 1. The fourth-order valence-corrected chi connectivity index (χ4v) is 3.49. The summed E-state index contributed by atoms with van der Waals surface area (Å²) in [6.07, 6.45) is 0. The van der Waals surface area contributed by atoms with Crippen molar-refractivity contribution in [2.45, 2.75) is 19.5 Å². The highest BCUT2D eigenvalue weighted by Crippen LogP contribution is 2.27. The fraction of sp³-hybridized carbons (Fsp3) is 0.381. The molecular weight excluding hydrogens is 408 g/mol. The third kappa shape index (κ3) is 5.27. The fourth-order valence-electron chi connectivity index (χ4n) is 3.32. The number of nitro groups is 1. The lowest BCUT2D eigenvalue weighted by atomic mass is 10.1. The van der Waals surface area contributed by atoms with Gasteiger partial charge in [-0.05, 0) is 31.7 Å². The van der Waals surface area contributed by atoms with Gasteiger partial charge in [-0.2, -0.15) is 0 Å². The normalized spacial score (nSPS) is 15.1. The molecule has 2 aromatic rings. The van der Waals surface area contributed by atoms with Crippen LogP contribution in [0.2, 0.25) is 5.02 Å². The van der Waals surface area contributed by atoms with Gasteiger partial charge in [0.25, 0.3) is 5.69 Å². The molecule has 0 radical (unpaired) electrons. The van der Waals surface area contributed by atoms with Crippen LogP contribution in [0, 0.1) is 10.1 Å². The zero-order chi connectivity index (χ0) is 21.7. The number of morpholine rings is 1. The summed E-state index contributed by atoms with van der Waals surface area (Å²) in [5.74, 6) is -0.288. The Morgan fingerprint density at radius 2 is 2.00 bits per heavy atom. The van der Waals surface area contributed by atoms with E-state index in [0.29, 0.717) is 19.8 Å². The first kappa shape index (κ1) is 22.0. The number of ether oxygens (including phenoxy) is 1. The van der Waals surface area contributed by atoms with E-state index in [1.54, 1.807) is 6.92 Å². The Kier molecular flexibility index (Phi) is 7.25. The van der Waals surface area contributed by atoms with Gasteiger partial charge >= 0.3 is 0 Å². The molecule has 8 nitrogen and oxygen atoms in total. The van der Waals surface area contributed by atoms with E-state index in [-0.39, 0.29) is 22.3 Å². The van der Waals surface area contributed by atoms with E-state index >= 15 is 0 Å². The molecule has 1 heterocycles. The van der Waals surface area contributed by atoms with Gasteiger partial charge < -0.3 is 15.0 Å². The number of anilines is 2. The van der Waals surface area contributed by atoms with E-state index in [9.17, 15) is 14.9 Å². The van der Waals surface area contributed by atoms with E-state index in [1.807, 2.05) is 24.1 Å². The highest BCUT2D eigenvalue weighted by atomic mass is 35.5. The molecule has 2 aromatic carbocycles. The predicted molar refractivity (Wildman–Crippen MR) is 117 cm³/mol. The van der Waals surface area contributed by atoms with Gasteiger partial charge in [-0.15, -0.1) is 0 Å². The van der Waals surface area contributed by atoms with Crippen LogP contribution >= 0.6 is 11.6 Å². The summed E-state index contributed by atoms with van der Waals surface area (Å²) in [6.45, 7) is 5.44. The lowest BCUT2D eigenvalue weighted by Crippen LogP contribution is -2.40. The van der Waals surface area contributed by atoms with Crippen LogP contribution in [0.4, 0.5) is 17.1 Å². The van der Waals surface area contributed by atoms with Gasteiger partial charge in [0.15, 0.2) is 0 Å². The van der Waals surface area contributed by atoms with E-state index in [1.165, 1.54) is 18.2 Å². The lowest BCUT2D eigenvalue weighted by Gasteiger charge is -2.32. The largest absolute Gasteiger partial charge is 0.378 e. The van der Waals surface area contributed by atoms with Crippen LogP contribution in [0.1, 0.15) is 12.5 Å². The predicted octanol–water partition coefficient (Wildman–Crippen LogP) is 3.54. The number of nitrogens with one attached hydrogen (secondary N) is 1. The number of carbonyl (C=O) groups is 1. The van der Waals surface area contributed by atoms with Gasteiger partial charge in [-0.3, -0.25) is 19.8 Å². The van der Waals surface area contributed by atoms with Gasteiger partial charge in [0.05, 0.1) is 34.9 Å². The van der Waals surface area contributed by atoms with Crippen LogP contribution in [-0.4, -0.2) is 55.1 Å². The van der Waals surface area contributed by atoms with Crippen LogP contribution in [-0.2, 0) is 16.1 Å². The maximum Gasteiger partial charge on any atom is 0.271 e. The van der Waals surface area contributed by atoms with Crippen LogP contribution in [0.3, 0.4) is 0 Å². The van der Waals surface area contributed by atoms with E-state index < -0.39 is 11.0 Å². The molecular formula is C21H25ClN4O4. The first-order valence-corrected chi connectivity index (χ1v) is 10.1. The molecule has 1 fully saturated rings. The maximum absolute atomic E-state index is 12.8. The molecule has 0 aliphatic carbocycles. The molecule has 0 saturated carbocycles. The molecule has 160 valence electrons. The average Bonchev–Trinajstić information content (AvgIpc) is 2.75. The van der Waals surface area contributed by atoms with E-state index in [2.05, 4.69) is 22.3 Å². The molecule has 0 spiro atoms. The molecule has 1 N–H and O–H groups in total. The summed E-state index contributed by atoms with van der Waals surface area (Å²) in [6, 6.07) is 11.6. The first-order chi connectivity index (χ1) is 14.4. The van der Waals surface area contributed by atoms with Crippen molar-refractivity contribution in [3.63, 3.8) is 0 Å². The van der Waals surface area contributed by atoms with Crippen LogP contribution in [0.5, 0.6) is 0 Å². The summed E-state index contributed by atoms with van der Waals surface area (Å²) >= 11 is 6.10. The minimum atomic E-state index is -0.524. The van der Waals surface area contributed by atoms with Crippen molar-refractivity contribution in [2.75, 3.05) is 43.6 Å². The number of hydrogen-bond donors (Lipinski definition) is 1. The number of likely N-dealkylation sites (N-methyl/N-ethyl adjacent to an activating group) is 1. The Bertz CT molecular complexity index is 918. The summed E-state index contributed by atoms with van der Waals surface area (Å²) in [4.78, 5) is 27.4. The Labute approximate surface area is 180 Å². The Balaban J connectivity index is 1.69. The van der Waals surface area contributed by atoms with Crippen LogP contribution < -0.4 is 10.2 Å². The van der Waals surface area contributed by atoms with Crippen molar-refractivity contribution in [1.29, 1.82) is 0 Å². The summed E-state index contributed by atoms with van der Waals surface area (Å²) in [7, 11) is 1.87. The van der Waals surface area contributed by atoms with E-state index in [4.69, 9.17) is 16.3 Å². The highest BCUT2D eigenvalue weighted by molar-refractivity contribution is 6.33. The quantitative estimate of drug-likeness (QED) is 0.531. The molecule has 1 amide bonds. The third-order valence-electron chi connectivity index (χ3n) is 5.22. The zero-order valence-electron chi connectivity index (χ0n) is 17.0. The molecule has 1 saturated heterocycles. The number of para-hydroxylation sites is 1. The van der Waals surface area contributed by atoms with E-state index in [0.717, 1.165) is 24.3 Å². The molecule has 30 heavy (non-hydrogen) atoms. The summed E-state index contributed by atoms with van der Waals surface area (Å²) < 4.78 is 5.44. The second-order valence-electron chi connectivity index (χ2n) is 7.23. The SMILES string of the molecule is C[C@H](C(=O)Nc1cc([N+](=O)[O-])ccc1Cl)N(C)Cc1ccccc1N1CCOCC1. The topological polar surface area (TPSA) is 87.9 Å². The second kappa shape index (κ2) is 9.88. The van der Waals surface area contributed by atoms with Gasteiger partial charge in [0.2, 0.25) is 5.91 Å². The molecule has 1 atom stereocenters. The van der Waals surface area contributed by atoms with Gasteiger partial charge in [-0.25, -0.2) is 0 Å². The standard InChI is InChI=1S/C21H25ClN4O4/c1-15(21(27)23-19-13-17(26(28)29)7-8-18(19)22)24(2)14-16-5-3-4-6-20(16)25-9-11-30-12-10-25/h3-8,13,15H,9-12,14H2,1-2H3,(H,23,27)/t15-/m1/s1. The van der Waals surface area contributed by atoms with Gasteiger partial charge in [0.1, 0.15) is 0 Å². The minimum absolute atomic E-state index is 0.129. The Morgan fingerprint density at radius 1 is 1.30 bits per heavy atom. The van der Waals surface area contributed by atoms with Gasteiger partial charge in [0, 0.05) is 37.5 Å². The van der Waals surface area contributed by atoms with Crippen molar-refractivity contribution < 1.29 is 14.5 Å². The third-order valence-corrected chi connectivity index (χ3v) is 5.55. The van der Waals surface area contributed by atoms with Crippen LogP contribution in [0.15, 0.2) is 42.5 Å². The highest BCUT2D eigenvalue weighted by Gasteiger charge is 2.22.